The number of rotatable bonds is 0. The van der Waals surface area contributed by atoms with E-state index in [4.69, 9.17) is 0 Å². The molecule has 130 valence electrons. The molecule has 26 heavy (non-hydrogen) atoms. The van der Waals surface area contributed by atoms with Crippen LogP contribution in [0.4, 0.5) is 0 Å². The first-order valence-electron chi connectivity index (χ1n) is 7.59. The predicted molar refractivity (Wildman–Crippen MR) is 90.3 cm³/mol. The normalized spacial score (nSPS) is 13.0. The second-order valence-corrected chi connectivity index (χ2v) is 6.16. The maximum absolute atomic E-state index is 12.9. The molecule has 0 aliphatic heterocycles. The average molecular weight is 352 g/mol. The summed E-state index contributed by atoms with van der Waals surface area (Å²) in [6.45, 7) is 1.51. The van der Waals surface area contributed by atoms with Crippen molar-refractivity contribution in [1.29, 1.82) is 0 Å². The third-order valence-electron chi connectivity index (χ3n) is 4.63. The highest BCUT2D eigenvalue weighted by atomic mass is 16.3. The van der Waals surface area contributed by atoms with Gasteiger partial charge in [0.05, 0.1) is 16.5 Å². The van der Waals surface area contributed by atoms with Gasteiger partial charge < -0.3 is 25.5 Å². The first-order chi connectivity index (χ1) is 12.2. The molecule has 5 N–H and O–H groups in total. The topological polar surface area (TPSA) is 135 Å². The van der Waals surface area contributed by atoms with Crippen LogP contribution in [0.5, 0.6) is 28.7 Å². The minimum atomic E-state index is -0.804. The molecule has 0 spiro atoms. The lowest BCUT2D eigenvalue weighted by Gasteiger charge is -2.23. The van der Waals surface area contributed by atoms with Crippen LogP contribution in [0.1, 0.15) is 37.4 Å². The average Bonchev–Trinajstić information content (AvgIpc) is 2.54. The Morgan fingerprint density at radius 1 is 0.692 bits per heavy atom. The zero-order valence-electron chi connectivity index (χ0n) is 13.4. The fraction of sp³-hybridized carbons (Fsp3) is 0.0526. The Bertz CT molecular complexity index is 1170. The highest BCUT2D eigenvalue weighted by Gasteiger charge is 2.37. The number of hydrogen-bond donors (Lipinski definition) is 5. The van der Waals surface area contributed by atoms with Gasteiger partial charge in [-0.25, -0.2) is 0 Å². The van der Waals surface area contributed by atoms with Crippen molar-refractivity contribution in [1.82, 2.24) is 0 Å². The minimum absolute atomic E-state index is 0.0816. The van der Waals surface area contributed by atoms with Gasteiger partial charge in [0, 0.05) is 23.3 Å². The van der Waals surface area contributed by atoms with E-state index < -0.39 is 28.8 Å². The third-order valence-corrected chi connectivity index (χ3v) is 4.63. The van der Waals surface area contributed by atoms with Gasteiger partial charge in [-0.15, -0.1) is 0 Å². The Morgan fingerprint density at radius 2 is 1.31 bits per heavy atom. The zero-order valence-corrected chi connectivity index (χ0v) is 13.4. The van der Waals surface area contributed by atoms with Crippen LogP contribution >= 0.6 is 0 Å². The van der Waals surface area contributed by atoms with E-state index in [2.05, 4.69) is 0 Å². The molecule has 0 fully saturated rings. The molecular weight excluding hydrogens is 340 g/mol. The molecule has 7 nitrogen and oxygen atoms in total. The monoisotopic (exact) mass is 352 g/mol. The van der Waals surface area contributed by atoms with Crippen LogP contribution in [-0.2, 0) is 0 Å². The molecule has 0 unspecified atom stereocenters. The van der Waals surface area contributed by atoms with E-state index >= 15 is 0 Å². The van der Waals surface area contributed by atoms with E-state index in [1.807, 2.05) is 0 Å². The predicted octanol–water partition coefficient (Wildman–Crippen LogP) is 2.45. The highest BCUT2D eigenvalue weighted by Crippen LogP contribution is 2.46. The van der Waals surface area contributed by atoms with Crippen LogP contribution in [0.25, 0.3) is 10.8 Å². The smallest absolute Gasteiger partial charge is 0.202 e. The van der Waals surface area contributed by atoms with E-state index in [1.54, 1.807) is 0 Å². The van der Waals surface area contributed by atoms with Crippen LogP contribution in [0, 0.1) is 6.92 Å². The molecule has 7 heteroatoms. The zero-order chi connectivity index (χ0) is 18.9. The molecule has 0 heterocycles. The molecule has 0 bridgehead atoms. The fourth-order valence-electron chi connectivity index (χ4n) is 3.52. The number of hydrogen-bond acceptors (Lipinski definition) is 7. The highest BCUT2D eigenvalue weighted by molar-refractivity contribution is 6.32. The van der Waals surface area contributed by atoms with Crippen LogP contribution in [0.15, 0.2) is 24.3 Å². The van der Waals surface area contributed by atoms with E-state index in [-0.39, 0.29) is 50.1 Å². The molecule has 0 saturated carbocycles. The van der Waals surface area contributed by atoms with Gasteiger partial charge >= 0.3 is 0 Å². The SMILES string of the molecule is Cc1c2c(c(O)c3c(O)cc(O)cc13)C(=O)c1c(O)cc(O)cc1C2=O. The standard InChI is InChI=1S/C19H12O7/c1-6-9-2-7(20)4-11(22)14(9)18(25)16-13(6)17(24)10-3-8(21)5-12(23)15(10)19(16)26/h2-5,20-23,25H,1H3. The summed E-state index contributed by atoms with van der Waals surface area (Å²) in [4.78, 5) is 25.8. The molecule has 3 aromatic rings. The number of benzene rings is 3. The maximum atomic E-state index is 12.9. The fourth-order valence-corrected chi connectivity index (χ4v) is 3.52. The Labute approximate surface area is 146 Å². The van der Waals surface area contributed by atoms with Crippen LogP contribution in [0.2, 0.25) is 0 Å². The molecule has 0 amide bonds. The Morgan fingerprint density at radius 3 is 2.00 bits per heavy atom. The number of aryl methyl sites for hydroxylation is 1. The second-order valence-electron chi connectivity index (χ2n) is 6.16. The molecule has 0 saturated heterocycles. The lowest BCUT2D eigenvalue weighted by Crippen LogP contribution is -2.22. The van der Waals surface area contributed by atoms with Gasteiger partial charge in [0.2, 0.25) is 5.78 Å². The van der Waals surface area contributed by atoms with Gasteiger partial charge in [0.1, 0.15) is 28.7 Å². The largest absolute Gasteiger partial charge is 0.508 e. The van der Waals surface area contributed by atoms with Crippen LogP contribution in [-0.4, -0.2) is 37.1 Å². The number of fused-ring (bicyclic) bond motifs is 3. The summed E-state index contributed by atoms with van der Waals surface area (Å²) >= 11 is 0. The van der Waals surface area contributed by atoms with E-state index in [0.717, 1.165) is 18.2 Å². The molecule has 1 aliphatic rings. The second kappa shape index (κ2) is 4.89. The molecular formula is C19H12O7. The molecule has 4 rings (SSSR count). The van der Waals surface area contributed by atoms with Crippen molar-refractivity contribution in [3.05, 3.63) is 52.1 Å². The van der Waals surface area contributed by atoms with Crippen molar-refractivity contribution < 1.29 is 35.1 Å². The van der Waals surface area contributed by atoms with Crippen LogP contribution in [0.3, 0.4) is 0 Å². The van der Waals surface area contributed by atoms with Crippen LogP contribution < -0.4 is 0 Å². The first kappa shape index (κ1) is 15.8. The number of phenolic OH excluding ortho intramolecular Hbond substituents is 5. The Hall–Kier alpha value is -3.74. The summed E-state index contributed by atoms with van der Waals surface area (Å²) in [5.74, 6) is -3.79. The van der Waals surface area contributed by atoms with Gasteiger partial charge in [-0.05, 0) is 30.0 Å². The quantitative estimate of drug-likeness (QED) is 0.328. The Balaban J connectivity index is 2.20. The van der Waals surface area contributed by atoms with Crippen molar-refractivity contribution in [3.8, 4) is 28.7 Å². The first-order valence-corrected chi connectivity index (χ1v) is 7.59. The molecule has 0 aromatic heterocycles. The summed E-state index contributed by atoms with van der Waals surface area (Å²) < 4.78 is 0. The molecule has 3 aromatic carbocycles. The van der Waals surface area contributed by atoms with Crippen molar-refractivity contribution in [3.63, 3.8) is 0 Å². The van der Waals surface area contributed by atoms with Crippen molar-refractivity contribution in [2.24, 2.45) is 0 Å². The number of aromatic hydroxyl groups is 5. The van der Waals surface area contributed by atoms with E-state index in [0.29, 0.717) is 0 Å². The van der Waals surface area contributed by atoms with Crippen molar-refractivity contribution in [2.75, 3.05) is 0 Å². The van der Waals surface area contributed by atoms with Crippen molar-refractivity contribution >= 4 is 22.3 Å². The number of ketones is 2. The summed E-state index contributed by atoms with van der Waals surface area (Å²) in [7, 11) is 0. The van der Waals surface area contributed by atoms with E-state index in [1.165, 1.54) is 13.0 Å². The van der Waals surface area contributed by atoms with E-state index in [9.17, 15) is 35.1 Å². The lowest BCUT2D eigenvalue weighted by atomic mass is 9.79. The number of carbonyl (C=O) groups is 2. The summed E-state index contributed by atoms with van der Waals surface area (Å²) in [6, 6.07) is 4.26. The van der Waals surface area contributed by atoms with Gasteiger partial charge in [0.25, 0.3) is 0 Å². The van der Waals surface area contributed by atoms with Crippen molar-refractivity contribution in [2.45, 2.75) is 6.92 Å². The van der Waals surface area contributed by atoms with Gasteiger partial charge in [0.15, 0.2) is 5.78 Å². The lowest BCUT2D eigenvalue weighted by molar-refractivity contribution is 0.0973. The Kier molecular flexibility index (Phi) is 2.96. The number of carbonyl (C=O) groups excluding carboxylic acids is 2. The van der Waals surface area contributed by atoms with Gasteiger partial charge in [-0.1, -0.05) is 0 Å². The molecule has 0 atom stereocenters. The molecule has 1 aliphatic carbocycles. The maximum Gasteiger partial charge on any atom is 0.202 e. The van der Waals surface area contributed by atoms with Gasteiger partial charge in [-0.2, -0.15) is 0 Å². The summed E-state index contributed by atoms with van der Waals surface area (Å²) in [5, 5.41) is 50.2. The summed E-state index contributed by atoms with van der Waals surface area (Å²) in [5.41, 5.74) is -0.693. The minimum Gasteiger partial charge on any atom is -0.508 e. The third kappa shape index (κ3) is 1.82. The molecule has 0 radical (unpaired) electrons. The summed E-state index contributed by atoms with van der Waals surface area (Å²) in [6.07, 6.45) is 0. The number of phenols is 5. The van der Waals surface area contributed by atoms with Gasteiger partial charge in [-0.3, -0.25) is 9.59 Å².